The molecule has 0 atom stereocenters. The number of nitrogens with zero attached hydrogens (tertiary/aromatic N) is 4. The summed E-state index contributed by atoms with van der Waals surface area (Å²) in [7, 11) is 0. The van der Waals surface area contributed by atoms with Gasteiger partial charge in [-0.3, -0.25) is 9.59 Å². The van der Waals surface area contributed by atoms with Crippen LogP contribution in [0.4, 0.5) is 0 Å². The van der Waals surface area contributed by atoms with Crippen molar-refractivity contribution in [3.05, 3.63) is 46.5 Å². The van der Waals surface area contributed by atoms with Gasteiger partial charge in [0, 0.05) is 50.5 Å². The van der Waals surface area contributed by atoms with Crippen LogP contribution in [0, 0.1) is 13.8 Å². The molecule has 0 unspecified atom stereocenters. The number of Topliss-reactive ketones (excluding diaryl/α,β-unsaturated/α-hetero) is 1. The number of aryl methyl sites for hydroxylation is 2. The fraction of sp³-hybridized carbons (Fsp3) is 0.545. The first-order chi connectivity index (χ1) is 14.0. The summed E-state index contributed by atoms with van der Waals surface area (Å²) in [5, 5.41) is 12.1. The number of nitrogens with one attached hydrogen (secondary N) is 1. The minimum absolute atomic E-state index is 0.0538. The van der Waals surface area contributed by atoms with Gasteiger partial charge < -0.3 is 14.8 Å². The molecule has 1 aromatic heterocycles. The summed E-state index contributed by atoms with van der Waals surface area (Å²) in [5.74, 6) is 2.57. The molecule has 4 rings (SSSR count). The number of rotatable bonds is 5. The number of fused-ring (bicyclic) bond motifs is 1. The lowest BCUT2D eigenvalue weighted by Crippen LogP contribution is -2.39. The molecule has 1 aromatic carbocycles. The van der Waals surface area contributed by atoms with E-state index in [0.29, 0.717) is 5.92 Å². The van der Waals surface area contributed by atoms with Crippen LogP contribution in [0.25, 0.3) is 0 Å². The Morgan fingerprint density at radius 3 is 2.69 bits per heavy atom. The summed E-state index contributed by atoms with van der Waals surface area (Å²) in [6.07, 6.45) is 2.36. The molecular formula is C22H29N5O2. The van der Waals surface area contributed by atoms with Crippen molar-refractivity contribution in [3.8, 4) is 0 Å². The van der Waals surface area contributed by atoms with Crippen molar-refractivity contribution in [1.82, 2.24) is 25.0 Å². The molecule has 3 heterocycles. The Labute approximate surface area is 171 Å². The zero-order chi connectivity index (χ0) is 20.4. The van der Waals surface area contributed by atoms with E-state index in [1.54, 1.807) is 0 Å². The Bertz CT molecular complexity index is 912. The second-order valence-electron chi connectivity index (χ2n) is 8.20. The molecule has 1 N–H and O–H groups in total. The van der Waals surface area contributed by atoms with Gasteiger partial charge in [0.1, 0.15) is 11.6 Å². The Morgan fingerprint density at radius 1 is 1.10 bits per heavy atom. The van der Waals surface area contributed by atoms with E-state index in [1.807, 2.05) is 36.9 Å². The normalized spacial score (nSPS) is 17.2. The highest BCUT2D eigenvalue weighted by Gasteiger charge is 2.28. The number of benzene rings is 1. The van der Waals surface area contributed by atoms with Gasteiger partial charge in [-0.25, -0.2) is 0 Å². The summed E-state index contributed by atoms with van der Waals surface area (Å²) in [6, 6.07) is 5.89. The van der Waals surface area contributed by atoms with E-state index >= 15 is 0 Å². The van der Waals surface area contributed by atoms with Gasteiger partial charge >= 0.3 is 0 Å². The smallest absolute Gasteiger partial charge is 0.223 e. The number of ketones is 1. The van der Waals surface area contributed by atoms with Crippen LogP contribution in [-0.2, 0) is 17.9 Å². The molecule has 2 aliphatic heterocycles. The van der Waals surface area contributed by atoms with Crippen LogP contribution in [0.5, 0.6) is 0 Å². The lowest BCUT2D eigenvalue weighted by atomic mass is 9.95. The largest absolute Gasteiger partial charge is 0.343 e. The van der Waals surface area contributed by atoms with Crippen LogP contribution in [0.15, 0.2) is 18.2 Å². The molecule has 0 aliphatic carbocycles. The third kappa shape index (κ3) is 4.24. The maximum Gasteiger partial charge on any atom is 0.223 e. The van der Waals surface area contributed by atoms with Crippen LogP contribution in [0.1, 0.15) is 64.7 Å². The Hall–Kier alpha value is -2.54. The molecule has 0 spiro atoms. The molecule has 29 heavy (non-hydrogen) atoms. The van der Waals surface area contributed by atoms with Crippen molar-refractivity contribution in [3.63, 3.8) is 0 Å². The molecule has 0 radical (unpaired) electrons. The maximum atomic E-state index is 12.6. The number of piperidine rings is 1. The van der Waals surface area contributed by atoms with Gasteiger partial charge in [-0.15, -0.1) is 10.2 Å². The zero-order valence-corrected chi connectivity index (χ0v) is 17.3. The van der Waals surface area contributed by atoms with E-state index in [-0.39, 0.29) is 24.5 Å². The van der Waals surface area contributed by atoms with Gasteiger partial charge in [-0.2, -0.15) is 0 Å². The van der Waals surface area contributed by atoms with Crippen LogP contribution in [-0.4, -0.2) is 51.0 Å². The second kappa shape index (κ2) is 8.45. The number of hydrogen-bond donors (Lipinski definition) is 1. The van der Waals surface area contributed by atoms with Crippen molar-refractivity contribution in [2.75, 3.05) is 19.6 Å². The molecule has 154 valence electrons. The number of carbonyl (C=O) groups is 2. The van der Waals surface area contributed by atoms with Gasteiger partial charge in [0.15, 0.2) is 5.78 Å². The molecule has 2 aromatic rings. The van der Waals surface area contributed by atoms with Gasteiger partial charge in [-0.1, -0.05) is 17.7 Å². The predicted octanol–water partition coefficient (Wildman–Crippen LogP) is 2.37. The van der Waals surface area contributed by atoms with Gasteiger partial charge in [0.2, 0.25) is 5.91 Å². The fourth-order valence-electron chi connectivity index (χ4n) is 4.35. The first-order valence-electron chi connectivity index (χ1n) is 10.5. The second-order valence-corrected chi connectivity index (χ2v) is 8.20. The van der Waals surface area contributed by atoms with Crippen LogP contribution in [0.3, 0.4) is 0 Å². The molecule has 2 aliphatic rings. The summed E-state index contributed by atoms with van der Waals surface area (Å²) >= 11 is 0. The van der Waals surface area contributed by atoms with Crippen LogP contribution in [0.2, 0.25) is 0 Å². The standard InChI is InChI=1S/C22H29N5O2/c1-15-3-4-16(2)18(13-15)19(28)5-6-21(29)26-10-7-17(8-11-26)22-25-24-20-14-23-9-12-27(20)22/h3-4,13,17,23H,5-12,14H2,1-2H3. The molecular weight excluding hydrogens is 366 g/mol. The summed E-state index contributed by atoms with van der Waals surface area (Å²) in [4.78, 5) is 27.1. The maximum absolute atomic E-state index is 12.6. The van der Waals surface area contributed by atoms with Crippen LogP contribution >= 0.6 is 0 Å². The highest BCUT2D eigenvalue weighted by atomic mass is 16.2. The third-order valence-electron chi connectivity index (χ3n) is 6.12. The van der Waals surface area contributed by atoms with Crippen molar-refractivity contribution >= 4 is 11.7 Å². The average molecular weight is 396 g/mol. The summed E-state index contributed by atoms with van der Waals surface area (Å²) in [6.45, 7) is 8.01. The van der Waals surface area contributed by atoms with E-state index in [2.05, 4.69) is 20.1 Å². The molecule has 1 saturated heterocycles. The third-order valence-corrected chi connectivity index (χ3v) is 6.12. The molecule has 7 nitrogen and oxygen atoms in total. The highest BCUT2D eigenvalue weighted by molar-refractivity contribution is 5.99. The van der Waals surface area contributed by atoms with E-state index in [1.165, 1.54) is 0 Å². The van der Waals surface area contributed by atoms with Crippen molar-refractivity contribution in [2.24, 2.45) is 0 Å². The van der Waals surface area contributed by atoms with E-state index in [4.69, 9.17) is 0 Å². The van der Waals surface area contributed by atoms with Gasteiger partial charge in [0.25, 0.3) is 0 Å². The lowest BCUT2D eigenvalue weighted by molar-refractivity contribution is -0.132. The topological polar surface area (TPSA) is 80.1 Å². The Kier molecular flexibility index (Phi) is 5.76. The summed E-state index contributed by atoms with van der Waals surface area (Å²) < 4.78 is 2.24. The zero-order valence-electron chi connectivity index (χ0n) is 17.3. The lowest BCUT2D eigenvalue weighted by Gasteiger charge is -2.32. The Morgan fingerprint density at radius 2 is 1.90 bits per heavy atom. The minimum atomic E-state index is 0.0538. The number of aromatic nitrogens is 3. The van der Waals surface area contributed by atoms with Gasteiger partial charge in [0.05, 0.1) is 6.54 Å². The molecule has 1 amide bonds. The summed E-state index contributed by atoms with van der Waals surface area (Å²) in [5.41, 5.74) is 2.78. The number of carbonyl (C=O) groups excluding carboxylic acids is 2. The fourth-order valence-corrected chi connectivity index (χ4v) is 4.35. The minimum Gasteiger partial charge on any atom is -0.343 e. The van der Waals surface area contributed by atoms with E-state index in [9.17, 15) is 9.59 Å². The number of amides is 1. The monoisotopic (exact) mass is 395 g/mol. The first kappa shape index (κ1) is 19.8. The van der Waals surface area contributed by atoms with E-state index < -0.39 is 0 Å². The molecule has 0 bridgehead atoms. The highest BCUT2D eigenvalue weighted by Crippen LogP contribution is 2.28. The van der Waals surface area contributed by atoms with E-state index in [0.717, 1.165) is 73.9 Å². The predicted molar refractivity (Wildman–Crippen MR) is 110 cm³/mol. The first-order valence-corrected chi connectivity index (χ1v) is 10.5. The van der Waals surface area contributed by atoms with Crippen molar-refractivity contribution in [2.45, 2.75) is 58.5 Å². The molecule has 1 fully saturated rings. The number of likely N-dealkylation sites (tertiary alicyclic amines) is 1. The average Bonchev–Trinajstić information content (AvgIpc) is 3.18. The quantitative estimate of drug-likeness (QED) is 0.786. The molecule has 0 saturated carbocycles. The Balaban J connectivity index is 1.30. The van der Waals surface area contributed by atoms with Crippen LogP contribution < -0.4 is 5.32 Å². The van der Waals surface area contributed by atoms with Gasteiger partial charge in [-0.05, 0) is 38.3 Å². The van der Waals surface area contributed by atoms with Crippen molar-refractivity contribution < 1.29 is 9.59 Å². The number of hydrogen-bond acceptors (Lipinski definition) is 5. The SMILES string of the molecule is Cc1ccc(C)c(C(=O)CCC(=O)N2CCC(c3nnc4n3CCNC4)CC2)c1. The van der Waals surface area contributed by atoms with Crippen molar-refractivity contribution in [1.29, 1.82) is 0 Å². The molecule has 7 heteroatoms.